The van der Waals surface area contributed by atoms with E-state index in [1.54, 1.807) is 11.1 Å². The molecular formula is C23H24F3N5O4. The SMILES string of the molecule is N[C@H](Cc1ccccc1)C(=O)N1CCC(C(=O)Nc2ccc3[nH]ncc3c2)C1.O=C(O)C(F)(F)F. The van der Waals surface area contributed by atoms with E-state index in [1.807, 2.05) is 48.5 Å². The third-order valence-corrected chi connectivity index (χ3v) is 5.44. The Bertz CT molecular complexity index is 1180. The van der Waals surface area contributed by atoms with Crippen LogP contribution in [0.1, 0.15) is 12.0 Å². The zero-order chi connectivity index (χ0) is 25.6. The van der Waals surface area contributed by atoms with Gasteiger partial charge in [0.1, 0.15) is 0 Å². The van der Waals surface area contributed by atoms with E-state index < -0.39 is 18.2 Å². The number of aromatic nitrogens is 2. The highest BCUT2D eigenvalue weighted by molar-refractivity contribution is 5.95. The van der Waals surface area contributed by atoms with Gasteiger partial charge in [0.25, 0.3) is 0 Å². The highest BCUT2D eigenvalue weighted by Crippen LogP contribution is 2.22. The minimum atomic E-state index is -5.08. The number of aliphatic carboxylic acids is 1. The lowest BCUT2D eigenvalue weighted by molar-refractivity contribution is -0.192. The van der Waals surface area contributed by atoms with Crippen molar-refractivity contribution >= 4 is 34.4 Å². The van der Waals surface area contributed by atoms with Crippen molar-refractivity contribution in [1.29, 1.82) is 0 Å². The smallest absolute Gasteiger partial charge is 0.475 e. The molecule has 2 aromatic carbocycles. The van der Waals surface area contributed by atoms with Gasteiger partial charge in [0.15, 0.2) is 0 Å². The van der Waals surface area contributed by atoms with Crippen molar-refractivity contribution < 1.29 is 32.7 Å². The maximum absolute atomic E-state index is 12.7. The average molecular weight is 491 g/mol. The Morgan fingerprint density at radius 3 is 2.54 bits per heavy atom. The fourth-order valence-corrected chi connectivity index (χ4v) is 3.63. The predicted molar refractivity (Wildman–Crippen MR) is 121 cm³/mol. The van der Waals surface area contributed by atoms with E-state index in [2.05, 4.69) is 15.5 Å². The second-order valence-electron chi connectivity index (χ2n) is 8.03. The van der Waals surface area contributed by atoms with Gasteiger partial charge in [0.05, 0.1) is 23.7 Å². The van der Waals surface area contributed by atoms with Crippen molar-refractivity contribution in [3.8, 4) is 0 Å². The Morgan fingerprint density at radius 1 is 1.20 bits per heavy atom. The first-order valence-corrected chi connectivity index (χ1v) is 10.7. The summed E-state index contributed by atoms with van der Waals surface area (Å²) >= 11 is 0. The topological polar surface area (TPSA) is 141 Å². The Hall–Kier alpha value is -3.93. The van der Waals surface area contributed by atoms with Crippen LogP contribution in [0.25, 0.3) is 10.9 Å². The number of aromatic amines is 1. The van der Waals surface area contributed by atoms with Crippen LogP contribution in [0.4, 0.5) is 18.9 Å². The summed E-state index contributed by atoms with van der Waals surface area (Å²) in [6.45, 7) is 0.960. The van der Waals surface area contributed by atoms with Crippen molar-refractivity contribution in [2.75, 3.05) is 18.4 Å². The lowest BCUT2D eigenvalue weighted by Gasteiger charge is -2.21. The number of halogens is 3. The summed E-state index contributed by atoms with van der Waals surface area (Å²) in [6.07, 6.45) is -2.23. The number of carboxylic acid groups (broad SMARTS) is 1. The molecule has 1 unspecified atom stereocenters. The number of amides is 2. The lowest BCUT2D eigenvalue weighted by atomic mass is 10.1. The molecule has 35 heavy (non-hydrogen) atoms. The number of carbonyl (C=O) groups is 3. The second kappa shape index (κ2) is 11.0. The largest absolute Gasteiger partial charge is 0.490 e. The molecule has 2 heterocycles. The number of nitrogens with one attached hydrogen (secondary N) is 2. The second-order valence-corrected chi connectivity index (χ2v) is 8.03. The van der Waals surface area contributed by atoms with Crippen LogP contribution >= 0.6 is 0 Å². The number of alkyl halides is 3. The van der Waals surface area contributed by atoms with Crippen molar-refractivity contribution in [3.63, 3.8) is 0 Å². The molecule has 0 radical (unpaired) electrons. The van der Waals surface area contributed by atoms with E-state index in [4.69, 9.17) is 15.6 Å². The third kappa shape index (κ3) is 7.03. The van der Waals surface area contributed by atoms with Crippen LogP contribution in [0.3, 0.4) is 0 Å². The number of benzene rings is 2. The standard InChI is InChI=1S/C21H23N5O2.C2HF3O2/c22-18(10-14-4-2-1-3-5-14)21(28)26-9-8-15(13-26)20(27)24-17-6-7-19-16(11-17)12-23-25-19;3-2(4,5)1(6)7/h1-7,11-12,15,18H,8-10,13,22H2,(H,23,25)(H,24,27);(H,6,7)/t15?,18-;/m1./s1. The van der Waals surface area contributed by atoms with E-state index in [9.17, 15) is 22.8 Å². The quantitative estimate of drug-likeness (QED) is 0.432. The number of carboxylic acids is 1. The molecule has 12 heteroatoms. The van der Waals surface area contributed by atoms with E-state index >= 15 is 0 Å². The molecule has 0 saturated carbocycles. The van der Waals surface area contributed by atoms with E-state index in [0.717, 1.165) is 22.2 Å². The van der Waals surface area contributed by atoms with Crippen LogP contribution in [-0.4, -0.2) is 63.3 Å². The number of likely N-dealkylation sites (tertiary alicyclic amines) is 1. The molecule has 1 saturated heterocycles. The van der Waals surface area contributed by atoms with Crippen LogP contribution in [0.5, 0.6) is 0 Å². The Balaban J connectivity index is 0.000000429. The number of hydrogen-bond donors (Lipinski definition) is 4. The molecule has 0 spiro atoms. The highest BCUT2D eigenvalue weighted by atomic mass is 19.4. The number of nitrogens with two attached hydrogens (primary N) is 1. The number of rotatable bonds is 5. The number of nitrogens with zero attached hydrogens (tertiary/aromatic N) is 2. The zero-order valence-corrected chi connectivity index (χ0v) is 18.5. The highest BCUT2D eigenvalue weighted by Gasteiger charge is 2.38. The van der Waals surface area contributed by atoms with Crippen molar-refractivity contribution in [3.05, 3.63) is 60.3 Å². The van der Waals surface area contributed by atoms with Gasteiger partial charge in [-0.2, -0.15) is 18.3 Å². The molecule has 3 aromatic rings. The van der Waals surface area contributed by atoms with Crippen LogP contribution in [0.15, 0.2) is 54.7 Å². The average Bonchev–Trinajstić information content (AvgIpc) is 3.48. The Labute approximate surface area is 198 Å². The Kier molecular flexibility index (Phi) is 8.07. The molecule has 1 fully saturated rings. The van der Waals surface area contributed by atoms with Crippen LogP contribution < -0.4 is 11.1 Å². The lowest BCUT2D eigenvalue weighted by Crippen LogP contribution is -2.44. The molecule has 4 rings (SSSR count). The molecule has 2 atom stereocenters. The number of H-pyrrole nitrogens is 1. The summed E-state index contributed by atoms with van der Waals surface area (Å²) in [5.41, 5.74) is 8.80. The molecule has 9 nitrogen and oxygen atoms in total. The minimum Gasteiger partial charge on any atom is -0.475 e. The minimum absolute atomic E-state index is 0.0743. The summed E-state index contributed by atoms with van der Waals surface area (Å²) in [5.74, 6) is -3.16. The fraction of sp³-hybridized carbons (Fsp3) is 0.304. The molecule has 0 bridgehead atoms. The Morgan fingerprint density at radius 2 is 1.89 bits per heavy atom. The molecule has 1 aliphatic heterocycles. The number of hydrogen-bond acceptors (Lipinski definition) is 5. The normalized spacial score (nSPS) is 16.3. The number of carbonyl (C=O) groups excluding carboxylic acids is 2. The van der Waals surface area contributed by atoms with E-state index in [0.29, 0.717) is 25.9 Å². The molecule has 2 amide bonds. The maximum atomic E-state index is 12.7. The van der Waals surface area contributed by atoms with Crippen molar-refractivity contribution in [2.45, 2.75) is 25.1 Å². The molecule has 0 aliphatic carbocycles. The summed E-state index contributed by atoms with van der Waals surface area (Å²) in [4.78, 5) is 35.9. The van der Waals surface area contributed by atoms with Gasteiger partial charge >= 0.3 is 12.1 Å². The van der Waals surface area contributed by atoms with Gasteiger partial charge in [-0.1, -0.05) is 30.3 Å². The van der Waals surface area contributed by atoms with Crippen molar-refractivity contribution in [1.82, 2.24) is 15.1 Å². The van der Waals surface area contributed by atoms with Gasteiger partial charge in [-0.25, -0.2) is 4.79 Å². The number of anilines is 1. The zero-order valence-electron chi connectivity index (χ0n) is 18.5. The van der Waals surface area contributed by atoms with Gasteiger partial charge in [-0.05, 0) is 36.6 Å². The first-order valence-electron chi connectivity index (χ1n) is 10.7. The summed E-state index contributed by atoms with van der Waals surface area (Å²) in [6, 6.07) is 14.7. The van der Waals surface area contributed by atoms with Gasteiger partial charge in [0.2, 0.25) is 11.8 Å². The summed E-state index contributed by atoms with van der Waals surface area (Å²) < 4.78 is 31.7. The van der Waals surface area contributed by atoms with E-state index in [-0.39, 0.29) is 17.7 Å². The van der Waals surface area contributed by atoms with Gasteiger partial charge in [-0.15, -0.1) is 0 Å². The molecule has 186 valence electrons. The van der Waals surface area contributed by atoms with Crippen LogP contribution in [0.2, 0.25) is 0 Å². The first kappa shape index (κ1) is 25.7. The third-order valence-electron chi connectivity index (χ3n) is 5.44. The van der Waals surface area contributed by atoms with Crippen LogP contribution in [0, 0.1) is 5.92 Å². The molecule has 1 aliphatic rings. The van der Waals surface area contributed by atoms with Crippen molar-refractivity contribution in [2.24, 2.45) is 11.7 Å². The fourth-order valence-electron chi connectivity index (χ4n) is 3.63. The first-order chi connectivity index (χ1) is 16.5. The van der Waals surface area contributed by atoms with Crippen LogP contribution in [-0.2, 0) is 20.8 Å². The summed E-state index contributed by atoms with van der Waals surface area (Å²) in [5, 5.41) is 17.9. The monoisotopic (exact) mass is 491 g/mol. The maximum Gasteiger partial charge on any atom is 0.490 e. The predicted octanol–water partition coefficient (Wildman–Crippen LogP) is 2.55. The van der Waals surface area contributed by atoms with Gasteiger partial charge in [-0.3, -0.25) is 14.7 Å². The summed E-state index contributed by atoms with van der Waals surface area (Å²) in [7, 11) is 0. The van der Waals surface area contributed by atoms with E-state index in [1.165, 1.54) is 0 Å². The molecule has 1 aromatic heterocycles. The molecule has 5 N–H and O–H groups in total. The number of fused-ring (bicyclic) bond motifs is 1. The molecular weight excluding hydrogens is 467 g/mol. The van der Waals surface area contributed by atoms with Gasteiger partial charge < -0.3 is 21.1 Å². The van der Waals surface area contributed by atoms with Gasteiger partial charge in [0, 0.05) is 24.2 Å².